The molecule has 0 aromatic heterocycles. The summed E-state index contributed by atoms with van der Waals surface area (Å²) in [5.74, 6) is 1.37. The van der Waals surface area contributed by atoms with Crippen LogP contribution in [0.2, 0.25) is 0 Å². The lowest BCUT2D eigenvalue weighted by molar-refractivity contribution is 1.16. The van der Waals surface area contributed by atoms with Crippen molar-refractivity contribution in [1.29, 1.82) is 0 Å². The molecule has 3 aliphatic carbocycles. The van der Waals surface area contributed by atoms with Gasteiger partial charge in [-0.25, -0.2) is 0 Å². The molecule has 0 amide bonds. The van der Waals surface area contributed by atoms with Crippen molar-refractivity contribution in [3.63, 3.8) is 0 Å². The molecule has 0 spiro atoms. The number of fused-ring (bicyclic) bond motifs is 11. The molecule has 7 aromatic carbocycles. The largest absolute Gasteiger partial charge is 0.0653 e. The van der Waals surface area contributed by atoms with E-state index in [9.17, 15) is 0 Å². The molecule has 0 N–H and O–H groups in total. The van der Waals surface area contributed by atoms with E-state index in [1.165, 1.54) is 149 Å². The summed E-state index contributed by atoms with van der Waals surface area (Å²) < 4.78 is 0. The Balaban J connectivity index is 1.54. The van der Waals surface area contributed by atoms with Crippen LogP contribution in [0.3, 0.4) is 0 Å². The molecule has 0 atom stereocenters. The number of hydrogen-bond donors (Lipinski definition) is 0. The second-order valence-corrected chi connectivity index (χ2v) is 16.3. The van der Waals surface area contributed by atoms with Crippen LogP contribution in [-0.2, 0) is 0 Å². The molecule has 0 aliphatic heterocycles. The lowest BCUT2D eigenvalue weighted by Crippen LogP contribution is -2.17. The third kappa shape index (κ3) is 4.37. The molecule has 3 aliphatic rings. The Hall–Kier alpha value is -5.72. The lowest BCUT2D eigenvalue weighted by Gasteiger charge is -2.23. The van der Waals surface area contributed by atoms with E-state index in [0.29, 0.717) is 0 Å². The molecule has 7 aromatic rings. The first-order valence-corrected chi connectivity index (χ1v) is 19.4. The molecule has 1 radical (unpaired) electrons. The second kappa shape index (κ2) is 11.6. The van der Waals surface area contributed by atoms with E-state index in [1.54, 1.807) is 0 Å². The summed E-state index contributed by atoms with van der Waals surface area (Å²) in [5.41, 5.74) is 29.6. The Morgan fingerprint density at radius 2 is 0.667 bits per heavy atom. The fourth-order valence-electron chi connectivity index (χ4n) is 11.0. The van der Waals surface area contributed by atoms with Gasteiger partial charge in [0, 0.05) is 0 Å². The Morgan fingerprint density at radius 1 is 0.278 bits per heavy atom. The summed E-state index contributed by atoms with van der Waals surface area (Å²) in [7, 11) is 0. The molecule has 0 saturated heterocycles. The summed E-state index contributed by atoms with van der Waals surface area (Å²) in [6, 6.07) is 42.0. The first kappa shape index (κ1) is 32.9. The Morgan fingerprint density at radius 3 is 1.20 bits per heavy atom. The van der Waals surface area contributed by atoms with Gasteiger partial charge in [0.2, 0.25) is 0 Å². The van der Waals surface area contributed by atoms with Crippen LogP contribution in [0.1, 0.15) is 89.0 Å². The molecule has 0 nitrogen and oxygen atoms in total. The van der Waals surface area contributed by atoms with E-state index in [1.807, 2.05) is 0 Å². The highest BCUT2D eigenvalue weighted by Gasteiger charge is 2.41. The van der Waals surface area contributed by atoms with E-state index in [0.717, 1.165) is 0 Å². The van der Waals surface area contributed by atoms with Crippen LogP contribution in [0.25, 0.3) is 33.4 Å². The predicted octanol–water partition coefficient (Wildman–Crippen LogP) is 11.5. The number of aryl methyl sites for hydroxylation is 9. The van der Waals surface area contributed by atoms with Crippen LogP contribution in [0, 0.1) is 78.7 Å². The highest BCUT2D eigenvalue weighted by Crippen LogP contribution is 2.54. The standard InChI is InChI=1S/C54H45/c1-28-22-31(4)43(32(5)23-28)46-37-16-10-13-19-40(37)49-52(46)50-41-20-14-11-17-38(41)47(44-33(6)24-29(2)25-34(44)7)54(50)51-42-21-15-12-18-39(42)48(53(49)51)45-35(8)26-30(3)27-36(45)9/h10-27H,1-9H3. The van der Waals surface area contributed by atoms with E-state index >= 15 is 0 Å². The molecule has 0 unspecified atom stereocenters. The van der Waals surface area contributed by atoms with Crippen molar-refractivity contribution in [3.05, 3.63) is 225 Å². The molecule has 0 fully saturated rings. The molecule has 0 heteroatoms. The normalized spacial score (nSPS) is 13.5. The van der Waals surface area contributed by atoms with Crippen LogP contribution in [0.5, 0.6) is 0 Å². The quantitative estimate of drug-likeness (QED) is 0.173. The Kier molecular flexibility index (Phi) is 7.09. The molecule has 10 rings (SSSR count). The van der Waals surface area contributed by atoms with Crippen molar-refractivity contribution < 1.29 is 0 Å². The number of benzene rings is 7. The Bertz CT molecular complexity index is 3010. The zero-order valence-corrected chi connectivity index (χ0v) is 32.9. The fraction of sp³-hybridized carbons (Fsp3) is 0.167. The van der Waals surface area contributed by atoms with Crippen molar-refractivity contribution in [2.24, 2.45) is 0 Å². The highest BCUT2D eigenvalue weighted by molar-refractivity contribution is 6.08. The van der Waals surface area contributed by atoms with Gasteiger partial charge in [0.1, 0.15) is 0 Å². The van der Waals surface area contributed by atoms with E-state index in [2.05, 4.69) is 172 Å². The Labute approximate surface area is 319 Å². The topological polar surface area (TPSA) is 0 Å². The minimum atomic E-state index is 1.31. The third-order valence-corrected chi connectivity index (χ3v) is 12.4. The SMILES string of the molecule is Cc1cc(C)c([C]2c3ccccc3-c3c2c2c(c4c3=C(c3c(C)cc(C)cc3C)c3ccccc3-4)C(c3c(C)cc(C)cc3C)=c3ccccc3=2)c(C)c1. The maximum atomic E-state index is 2.39. The van der Waals surface area contributed by atoms with Crippen molar-refractivity contribution in [1.82, 2.24) is 0 Å². The summed E-state index contributed by atoms with van der Waals surface area (Å²) in [6.45, 7) is 20.6. The minimum absolute atomic E-state index is 1.31. The van der Waals surface area contributed by atoms with Gasteiger partial charge in [-0.3, -0.25) is 0 Å². The van der Waals surface area contributed by atoms with Gasteiger partial charge in [0.25, 0.3) is 0 Å². The summed E-state index contributed by atoms with van der Waals surface area (Å²) in [5, 5.41) is 5.44. The van der Waals surface area contributed by atoms with Crippen LogP contribution in [0.4, 0.5) is 0 Å². The van der Waals surface area contributed by atoms with Crippen LogP contribution in [0.15, 0.2) is 109 Å². The zero-order chi connectivity index (χ0) is 37.3. The number of hydrogen-bond acceptors (Lipinski definition) is 0. The van der Waals surface area contributed by atoms with Crippen molar-refractivity contribution in [3.8, 4) is 22.3 Å². The van der Waals surface area contributed by atoms with Crippen molar-refractivity contribution >= 4 is 11.1 Å². The maximum Gasteiger partial charge on any atom is 0.0653 e. The summed E-state index contributed by atoms with van der Waals surface area (Å²) in [4.78, 5) is 0. The molecule has 54 heavy (non-hydrogen) atoms. The van der Waals surface area contributed by atoms with Gasteiger partial charge in [0.05, 0.1) is 5.92 Å². The average Bonchev–Trinajstić information content (AvgIpc) is 3.74. The molecule has 0 saturated carbocycles. The van der Waals surface area contributed by atoms with Crippen molar-refractivity contribution in [2.45, 2.75) is 62.3 Å². The predicted molar refractivity (Wildman–Crippen MR) is 226 cm³/mol. The van der Waals surface area contributed by atoms with Crippen LogP contribution >= 0.6 is 0 Å². The molecule has 0 heterocycles. The minimum Gasteiger partial charge on any atom is -0.0619 e. The van der Waals surface area contributed by atoms with Crippen LogP contribution in [-0.4, -0.2) is 0 Å². The average molecular weight is 694 g/mol. The van der Waals surface area contributed by atoms with E-state index in [4.69, 9.17) is 0 Å². The van der Waals surface area contributed by atoms with Gasteiger partial charge >= 0.3 is 0 Å². The molecular formula is C54H45. The van der Waals surface area contributed by atoms with Gasteiger partial charge in [0.15, 0.2) is 0 Å². The monoisotopic (exact) mass is 693 g/mol. The van der Waals surface area contributed by atoms with E-state index < -0.39 is 0 Å². The highest BCUT2D eigenvalue weighted by atomic mass is 14.4. The lowest BCUT2D eigenvalue weighted by atomic mass is 9.79. The van der Waals surface area contributed by atoms with Crippen LogP contribution < -0.4 is 10.4 Å². The fourth-order valence-corrected chi connectivity index (χ4v) is 11.0. The first-order valence-electron chi connectivity index (χ1n) is 19.4. The van der Waals surface area contributed by atoms with Gasteiger partial charge < -0.3 is 0 Å². The van der Waals surface area contributed by atoms with Crippen molar-refractivity contribution in [2.75, 3.05) is 0 Å². The smallest absolute Gasteiger partial charge is 0.0619 e. The first-order chi connectivity index (χ1) is 26.0. The van der Waals surface area contributed by atoms with Gasteiger partial charge in [-0.05, 0) is 189 Å². The summed E-state index contributed by atoms with van der Waals surface area (Å²) >= 11 is 0. The third-order valence-electron chi connectivity index (χ3n) is 12.4. The summed E-state index contributed by atoms with van der Waals surface area (Å²) in [6.07, 6.45) is 0. The van der Waals surface area contributed by atoms with Gasteiger partial charge in [-0.15, -0.1) is 0 Å². The van der Waals surface area contributed by atoms with E-state index in [-0.39, 0.29) is 0 Å². The van der Waals surface area contributed by atoms with Gasteiger partial charge in [-0.1, -0.05) is 126 Å². The number of rotatable bonds is 3. The molecule has 0 bridgehead atoms. The maximum absolute atomic E-state index is 2.39. The second-order valence-electron chi connectivity index (χ2n) is 16.3. The molecular weight excluding hydrogens is 649 g/mol. The zero-order valence-electron chi connectivity index (χ0n) is 32.9. The molecule has 261 valence electrons. The van der Waals surface area contributed by atoms with Gasteiger partial charge in [-0.2, -0.15) is 0 Å².